The number of hydrogen-bond donors (Lipinski definition) is 0. The lowest BCUT2D eigenvalue weighted by molar-refractivity contribution is 0.622. The molecular formula is C8H18B. The van der Waals surface area contributed by atoms with Gasteiger partial charge in [0.05, 0.1) is 0 Å². The fourth-order valence-corrected chi connectivity index (χ4v) is 0.763. The molecule has 0 heterocycles. The lowest BCUT2D eigenvalue weighted by atomic mass is 9.62. The Morgan fingerprint density at radius 3 is 2.00 bits per heavy atom. The molecule has 1 heteroatoms. The highest BCUT2D eigenvalue weighted by Crippen LogP contribution is 2.08. The van der Waals surface area contributed by atoms with Crippen LogP contribution in [0.25, 0.3) is 0 Å². The lowest BCUT2D eigenvalue weighted by Gasteiger charge is -2.04. The fourth-order valence-electron chi connectivity index (χ4n) is 0.763. The monoisotopic (exact) mass is 125 g/mol. The van der Waals surface area contributed by atoms with Crippen LogP contribution in [0.3, 0.4) is 0 Å². The minimum Gasteiger partial charge on any atom is -0.0797 e. The molecule has 0 aromatic heterocycles. The van der Waals surface area contributed by atoms with Crippen molar-refractivity contribution in [3.63, 3.8) is 0 Å². The van der Waals surface area contributed by atoms with Crippen LogP contribution in [0, 0.1) is 5.92 Å². The molecule has 0 bridgehead atoms. The Morgan fingerprint density at radius 1 is 1.11 bits per heavy atom. The van der Waals surface area contributed by atoms with E-state index in [2.05, 4.69) is 35.0 Å². The Morgan fingerprint density at radius 2 is 1.67 bits per heavy atom. The summed E-state index contributed by atoms with van der Waals surface area (Å²) in [5.74, 6) is 1.63. The third-order valence-corrected chi connectivity index (χ3v) is 1.38. The minimum absolute atomic E-state index is 0.767. The van der Waals surface area contributed by atoms with Gasteiger partial charge in [0.25, 0.3) is 0 Å². The third kappa shape index (κ3) is 8.06. The minimum atomic E-state index is 0.767. The zero-order valence-corrected chi connectivity index (χ0v) is 7.15. The van der Waals surface area contributed by atoms with Crippen molar-refractivity contribution in [2.75, 3.05) is 0 Å². The van der Waals surface area contributed by atoms with E-state index in [-0.39, 0.29) is 0 Å². The van der Waals surface area contributed by atoms with E-state index < -0.39 is 0 Å². The van der Waals surface area contributed by atoms with Crippen molar-refractivity contribution in [1.29, 1.82) is 0 Å². The quantitative estimate of drug-likeness (QED) is 0.506. The Hall–Kier alpha value is 0.0649. The first-order valence-corrected chi connectivity index (χ1v) is 3.96. The molecule has 0 rings (SSSR count). The van der Waals surface area contributed by atoms with Crippen LogP contribution in [0.15, 0.2) is 0 Å². The first-order chi connectivity index (χ1) is 4.13. The van der Waals surface area contributed by atoms with E-state index in [9.17, 15) is 0 Å². The van der Waals surface area contributed by atoms with Gasteiger partial charge in [0.2, 0.25) is 0 Å². The second-order valence-corrected chi connectivity index (χ2v) is 3.45. The molecule has 1 radical (unpaired) electrons. The van der Waals surface area contributed by atoms with Crippen LogP contribution in [0.5, 0.6) is 0 Å². The van der Waals surface area contributed by atoms with Crippen LogP contribution in [-0.2, 0) is 0 Å². The van der Waals surface area contributed by atoms with Crippen LogP contribution >= 0.6 is 0 Å². The van der Waals surface area contributed by atoms with Gasteiger partial charge in [-0.3, -0.25) is 0 Å². The van der Waals surface area contributed by atoms with E-state index in [1.165, 1.54) is 12.7 Å². The van der Waals surface area contributed by atoms with E-state index in [1.807, 2.05) is 0 Å². The van der Waals surface area contributed by atoms with E-state index in [0.717, 1.165) is 11.7 Å². The molecule has 0 amide bonds. The van der Waals surface area contributed by atoms with Gasteiger partial charge in [-0.25, -0.2) is 0 Å². The molecule has 0 saturated carbocycles. The largest absolute Gasteiger partial charge is 0.112 e. The first kappa shape index (κ1) is 9.06. The van der Waals surface area contributed by atoms with Crippen LogP contribution in [0.2, 0.25) is 12.1 Å². The first-order valence-electron chi connectivity index (χ1n) is 3.96. The molecule has 0 aliphatic heterocycles. The average molecular weight is 125 g/mol. The lowest BCUT2D eigenvalue weighted by Crippen LogP contribution is -1.96. The molecule has 0 aromatic rings. The maximum absolute atomic E-state index is 2.39. The number of rotatable bonds is 4. The third-order valence-electron chi connectivity index (χ3n) is 1.38. The standard InChI is InChI=1S/C8H18B/c1-7(2)5-6-9-8(3)4/h7-8H,5-6H2,1-4H3. The van der Waals surface area contributed by atoms with Crippen molar-refractivity contribution in [3.05, 3.63) is 0 Å². The fraction of sp³-hybridized carbons (Fsp3) is 1.00. The molecule has 9 heavy (non-hydrogen) atoms. The Balaban J connectivity index is 2.91. The zero-order valence-electron chi connectivity index (χ0n) is 7.15. The normalized spacial score (nSPS) is 10.9. The van der Waals surface area contributed by atoms with Gasteiger partial charge in [-0.05, 0) is 5.92 Å². The maximum Gasteiger partial charge on any atom is 0.112 e. The second-order valence-electron chi connectivity index (χ2n) is 3.45. The van der Waals surface area contributed by atoms with Gasteiger partial charge < -0.3 is 0 Å². The summed E-state index contributed by atoms with van der Waals surface area (Å²) in [5.41, 5.74) is 0. The molecule has 0 aromatic carbocycles. The molecule has 0 spiro atoms. The highest BCUT2D eigenvalue weighted by atomic mass is 13.9. The average Bonchev–Trinajstić information content (AvgIpc) is 1.63. The predicted octanol–water partition coefficient (Wildman–Crippen LogP) is 2.98. The molecule has 0 aliphatic rings. The second kappa shape index (κ2) is 4.90. The van der Waals surface area contributed by atoms with Crippen LogP contribution in [0.4, 0.5) is 0 Å². The Kier molecular flexibility index (Phi) is 4.93. The SMILES string of the molecule is CC(C)[B]CCC(C)C. The van der Waals surface area contributed by atoms with E-state index in [4.69, 9.17) is 0 Å². The van der Waals surface area contributed by atoms with Crippen molar-refractivity contribution in [3.8, 4) is 0 Å². The molecule has 0 unspecified atom stereocenters. The zero-order chi connectivity index (χ0) is 7.28. The molecule has 53 valence electrons. The summed E-state index contributed by atoms with van der Waals surface area (Å²) < 4.78 is 0. The molecular weight excluding hydrogens is 107 g/mol. The van der Waals surface area contributed by atoms with Crippen LogP contribution in [-0.4, -0.2) is 7.28 Å². The summed E-state index contributed by atoms with van der Waals surface area (Å²) >= 11 is 0. The van der Waals surface area contributed by atoms with Crippen LogP contribution < -0.4 is 0 Å². The Bertz CT molecular complexity index is 49.6. The van der Waals surface area contributed by atoms with Gasteiger partial charge in [-0.1, -0.05) is 46.3 Å². The van der Waals surface area contributed by atoms with Crippen molar-refractivity contribution in [2.24, 2.45) is 5.92 Å². The van der Waals surface area contributed by atoms with Crippen molar-refractivity contribution in [2.45, 2.75) is 46.3 Å². The molecule has 0 nitrogen and oxygen atoms in total. The smallest absolute Gasteiger partial charge is 0.0797 e. The van der Waals surface area contributed by atoms with Gasteiger partial charge in [-0.2, -0.15) is 0 Å². The topological polar surface area (TPSA) is 0 Å². The summed E-state index contributed by atoms with van der Waals surface area (Å²) in [4.78, 5) is 0. The summed E-state index contributed by atoms with van der Waals surface area (Å²) in [7, 11) is 2.39. The molecule has 0 fully saturated rings. The van der Waals surface area contributed by atoms with Crippen molar-refractivity contribution in [1.82, 2.24) is 0 Å². The predicted molar refractivity (Wildman–Crippen MR) is 45.1 cm³/mol. The summed E-state index contributed by atoms with van der Waals surface area (Å²) in [6.07, 6.45) is 2.63. The maximum atomic E-state index is 2.39. The highest BCUT2D eigenvalue weighted by molar-refractivity contribution is 6.37. The van der Waals surface area contributed by atoms with Crippen molar-refractivity contribution < 1.29 is 0 Å². The molecule has 0 saturated heterocycles. The van der Waals surface area contributed by atoms with Gasteiger partial charge in [0, 0.05) is 0 Å². The van der Waals surface area contributed by atoms with Crippen LogP contribution in [0.1, 0.15) is 34.1 Å². The van der Waals surface area contributed by atoms with Gasteiger partial charge in [0.1, 0.15) is 7.28 Å². The van der Waals surface area contributed by atoms with Gasteiger partial charge >= 0.3 is 0 Å². The van der Waals surface area contributed by atoms with E-state index in [0.29, 0.717) is 0 Å². The Labute approximate surface area is 60.3 Å². The summed E-state index contributed by atoms with van der Waals surface area (Å²) in [6.45, 7) is 9.02. The summed E-state index contributed by atoms with van der Waals surface area (Å²) in [6, 6.07) is 0. The van der Waals surface area contributed by atoms with Gasteiger partial charge in [0.15, 0.2) is 0 Å². The number of hydrogen-bond acceptors (Lipinski definition) is 0. The molecule has 0 atom stereocenters. The highest BCUT2D eigenvalue weighted by Gasteiger charge is 1.97. The summed E-state index contributed by atoms with van der Waals surface area (Å²) in [5, 5.41) is 0. The molecule has 0 aliphatic carbocycles. The van der Waals surface area contributed by atoms with E-state index in [1.54, 1.807) is 0 Å². The van der Waals surface area contributed by atoms with Gasteiger partial charge in [-0.15, -0.1) is 0 Å². The molecule has 0 N–H and O–H groups in total. The van der Waals surface area contributed by atoms with E-state index >= 15 is 0 Å². The van der Waals surface area contributed by atoms with Crippen molar-refractivity contribution >= 4 is 7.28 Å².